The second kappa shape index (κ2) is 30.5. The number of allylic oxidation sites excluding steroid dienone is 6. The number of amides is 2. The first-order valence-electron chi connectivity index (χ1n) is 33.7. The van der Waals surface area contributed by atoms with Crippen molar-refractivity contribution in [1.29, 1.82) is 0 Å². The van der Waals surface area contributed by atoms with Crippen LogP contribution in [0.15, 0.2) is 153 Å². The minimum Gasteiger partial charge on any atom is -0.492 e. The maximum atomic E-state index is 13.4. The third-order valence-electron chi connectivity index (χ3n) is 19.0. The molecule has 0 atom stereocenters. The van der Waals surface area contributed by atoms with Crippen molar-refractivity contribution in [2.75, 3.05) is 55.7 Å². The molecule has 8 aromatic rings. The molecule has 0 unspecified atom stereocenters. The molecule has 28 nitrogen and oxygen atoms in total. The monoisotopic (exact) mass is 1570 g/mol. The number of unbranched alkanes of at least 4 members (excludes halogenated alkanes) is 1. The van der Waals surface area contributed by atoms with E-state index in [2.05, 4.69) is 5.32 Å². The topological polar surface area (TPSA) is 421 Å². The fourth-order valence-electron chi connectivity index (χ4n) is 14.2. The maximum Gasteiger partial charge on any atom is 0.295 e. The van der Waals surface area contributed by atoms with Gasteiger partial charge in [0.2, 0.25) is 17.5 Å². The number of carbonyl (C=O) groups excluding carboxylic acids is 2. The number of fused-ring (bicyclic) bond motifs is 7. The lowest BCUT2D eigenvalue weighted by Gasteiger charge is -2.27. The van der Waals surface area contributed by atoms with Gasteiger partial charge >= 0.3 is 0 Å². The zero-order chi connectivity index (χ0) is 77.6. The van der Waals surface area contributed by atoms with Gasteiger partial charge in [0, 0.05) is 100 Å². The van der Waals surface area contributed by atoms with E-state index in [0.717, 1.165) is 40.2 Å². The van der Waals surface area contributed by atoms with Crippen LogP contribution < -0.4 is 15.0 Å². The summed E-state index contributed by atoms with van der Waals surface area (Å²) in [5.74, 6) is -1.11. The molecular weight excluding hydrogens is 1490 g/mol. The van der Waals surface area contributed by atoms with E-state index in [0.29, 0.717) is 107 Å². The SMILES string of the molecule is CCN(CC)C(=O)Cc1c(-c2ccc(OCCNC(=O)CCCCc3cccc(C(C=CC4=[N+](CCCS(=O)(=O)O)c5ccc6c(S(=O)(=O)O)cc(S(=O)(=O)O)cc6c5C4(C)C)=CC=C4N(CCCS(=O)(=O)O)c5ccc6c(S(=O)(=O)O)cc(S(=O)(=O)O)cc6c5C4(C)C)c3)cc2)nn2c(C)cc(C)nc12. The van der Waals surface area contributed by atoms with E-state index in [1.807, 2.05) is 58.0 Å². The fraction of sp³-hybridized carbons (Fsp3) is 0.347. The Kier molecular flexibility index (Phi) is 23.0. The van der Waals surface area contributed by atoms with Crippen LogP contribution in [0.1, 0.15) is 113 Å². The Morgan fingerprint density at radius 1 is 0.660 bits per heavy atom. The Morgan fingerprint density at radius 2 is 1.26 bits per heavy atom. The first-order valence-corrected chi connectivity index (χ1v) is 42.7. The van der Waals surface area contributed by atoms with Crippen molar-refractivity contribution in [2.24, 2.45) is 0 Å². The van der Waals surface area contributed by atoms with Crippen molar-refractivity contribution < 1.29 is 96.7 Å². The number of ether oxygens (including phenoxy) is 1. The molecular formula is C72H82N7O21S6+. The molecule has 0 aliphatic carbocycles. The number of benzene rings is 6. The van der Waals surface area contributed by atoms with Crippen molar-refractivity contribution >= 4 is 122 Å². The van der Waals surface area contributed by atoms with Crippen LogP contribution in [0.3, 0.4) is 0 Å². The van der Waals surface area contributed by atoms with Crippen molar-refractivity contribution in [1.82, 2.24) is 24.8 Å². The summed E-state index contributed by atoms with van der Waals surface area (Å²) in [7, 11) is -29.6. The molecule has 106 heavy (non-hydrogen) atoms. The first-order chi connectivity index (χ1) is 49.4. The Bertz CT molecular complexity index is 5750. The lowest BCUT2D eigenvalue weighted by molar-refractivity contribution is -0.437. The molecule has 0 radical (unpaired) electrons. The van der Waals surface area contributed by atoms with Crippen LogP contribution in [0.25, 0.3) is 44.0 Å². The van der Waals surface area contributed by atoms with Gasteiger partial charge in [-0.05, 0) is 179 Å². The number of aryl methyl sites for hydroxylation is 3. The van der Waals surface area contributed by atoms with Gasteiger partial charge in [-0.2, -0.15) is 60.2 Å². The van der Waals surface area contributed by atoms with E-state index in [9.17, 15) is 87.4 Å². The van der Waals surface area contributed by atoms with Crippen LogP contribution in [0.4, 0.5) is 11.4 Å². The highest BCUT2D eigenvalue weighted by Gasteiger charge is 2.47. The number of nitrogens with one attached hydrogen (secondary N) is 1. The number of aromatic nitrogens is 3. The molecule has 2 aromatic heterocycles. The molecule has 0 spiro atoms. The second-order valence-corrected chi connectivity index (χ2v) is 35.8. The first kappa shape index (κ1) is 79.9. The number of carbonyl (C=O) groups is 2. The predicted octanol–water partition coefficient (Wildman–Crippen LogP) is 9.88. The number of nitrogens with zero attached hydrogens (tertiary/aromatic N) is 6. The van der Waals surface area contributed by atoms with E-state index in [4.69, 9.17) is 14.8 Å². The molecule has 2 amide bonds. The number of rotatable bonds is 30. The van der Waals surface area contributed by atoms with Gasteiger partial charge in [0.15, 0.2) is 11.4 Å². The molecule has 2 aliphatic heterocycles. The van der Waals surface area contributed by atoms with Gasteiger partial charge in [-0.15, -0.1) is 0 Å². The standard InChI is InChI=1S/C72H81N7O21S6/c1-9-76(10-2)66(81)44-58-69(75-79-46(4)38-45(3)74-70(58)79)49-20-24-51(25-21-49)100-35-32-73-65(80)19-12-11-16-47-17-13-18-50(39-47)48(22-30-63-71(5,6)67-56-40-52(103(88,89)90)42-61(105(94,95)96)54(56)26-28-59(67)77(63)33-14-36-101(82,83)84)23-31-64-72(7,8)68-57-41-53(104(91,92)93)43-62(106(97,98)99)55(57)27-29-60(68)78(64)34-15-37-102(85,86)87/h13,17-18,20-31,38-43H,9-12,14-16,19,32-37,44H2,1-8H3,(H6-,73,80,82,83,84,85,86,87,88,89,90,91,92,93,94,95,96,97,98,99)/p+1. The minimum atomic E-state index is -5.16. The summed E-state index contributed by atoms with van der Waals surface area (Å²) in [6.07, 6.45) is 8.18. The van der Waals surface area contributed by atoms with Gasteiger partial charge in [-0.1, -0.05) is 50.3 Å². The number of likely N-dealkylation sites (N-methyl/N-ethyl adjacent to an activating group) is 1. The fourth-order valence-corrected chi connectivity index (χ4v) is 17.8. The average Bonchev–Trinajstić information content (AvgIpc) is 1.54. The van der Waals surface area contributed by atoms with Crippen molar-refractivity contribution in [2.45, 2.75) is 131 Å². The second-order valence-electron chi connectivity index (χ2n) is 27.1. The lowest BCUT2D eigenvalue weighted by Crippen LogP contribution is -2.31. The van der Waals surface area contributed by atoms with E-state index >= 15 is 0 Å². The molecule has 4 heterocycles. The third-order valence-corrected chi connectivity index (χ3v) is 24.0. The molecule has 0 fully saturated rings. The van der Waals surface area contributed by atoms with Crippen LogP contribution in [-0.4, -0.2) is 170 Å². The maximum absolute atomic E-state index is 13.4. The van der Waals surface area contributed by atoms with E-state index < -0.39 is 103 Å². The summed E-state index contributed by atoms with van der Waals surface area (Å²) in [5.41, 5.74) is 5.70. The predicted molar refractivity (Wildman–Crippen MR) is 400 cm³/mol. The largest absolute Gasteiger partial charge is 0.492 e. The van der Waals surface area contributed by atoms with Gasteiger partial charge in [0.1, 0.15) is 28.7 Å². The Balaban J connectivity index is 0.965. The van der Waals surface area contributed by atoms with Gasteiger partial charge in [-0.3, -0.25) is 36.9 Å². The summed E-state index contributed by atoms with van der Waals surface area (Å²) < 4.78 is 222. The van der Waals surface area contributed by atoms with Crippen LogP contribution >= 0.6 is 0 Å². The zero-order valence-electron chi connectivity index (χ0n) is 59.2. The van der Waals surface area contributed by atoms with E-state index in [1.54, 1.807) is 95.2 Å². The molecule has 6 aromatic carbocycles. The summed E-state index contributed by atoms with van der Waals surface area (Å²) in [4.78, 5) is 31.5. The molecule has 34 heteroatoms. The zero-order valence-corrected chi connectivity index (χ0v) is 64.1. The summed E-state index contributed by atoms with van der Waals surface area (Å²) in [6, 6.07) is 25.6. The highest BCUT2D eigenvalue weighted by atomic mass is 32.2. The highest BCUT2D eigenvalue weighted by Crippen LogP contribution is 2.53. The van der Waals surface area contributed by atoms with E-state index in [1.165, 1.54) is 24.3 Å². The molecule has 0 saturated carbocycles. The third kappa shape index (κ3) is 17.6. The smallest absolute Gasteiger partial charge is 0.295 e. The number of anilines is 1. The van der Waals surface area contributed by atoms with Crippen molar-refractivity contribution in [3.8, 4) is 17.0 Å². The summed E-state index contributed by atoms with van der Waals surface area (Å²) >= 11 is 0. The van der Waals surface area contributed by atoms with Gasteiger partial charge in [0.25, 0.3) is 60.7 Å². The van der Waals surface area contributed by atoms with Crippen LogP contribution in [0, 0.1) is 13.8 Å². The Labute approximate surface area is 615 Å². The van der Waals surface area contributed by atoms with Crippen molar-refractivity contribution in [3.63, 3.8) is 0 Å². The number of hydrogen-bond acceptors (Lipinski definition) is 18. The normalized spacial score (nSPS) is 15.4. The molecule has 10 rings (SSSR count). The summed E-state index contributed by atoms with van der Waals surface area (Å²) in [5, 5.41) is 7.49. The Morgan fingerprint density at radius 3 is 1.86 bits per heavy atom. The number of hydrogen-bond donors (Lipinski definition) is 7. The highest BCUT2D eigenvalue weighted by molar-refractivity contribution is 7.87. The molecule has 0 saturated heterocycles. The van der Waals surface area contributed by atoms with Gasteiger partial charge in [-0.25, -0.2) is 9.50 Å². The molecule has 566 valence electrons. The van der Waals surface area contributed by atoms with Crippen molar-refractivity contribution in [3.05, 3.63) is 172 Å². The van der Waals surface area contributed by atoms with Crippen LogP contribution in [0.2, 0.25) is 0 Å². The van der Waals surface area contributed by atoms with Gasteiger partial charge in [0.05, 0.1) is 45.4 Å². The molecule has 2 aliphatic rings. The quantitative estimate of drug-likeness (QED) is 0.00952. The lowest BCUT2D eigenvalue weighted by atomic mass is 9.78. The minimum absolute atomic E-state index is 0.0233. The van der Waals surface area contributed by atoms with Gasteiger partial charge < -0.3 is 19.9 Å². The van der Waals surface area contributed by atoms with Crippen LogP contribution in [-0.2, 0) is 94.0 Å². The average molecular weight is 1570 g/mol. The molecule has 7 N–H and O–H groups in total. The van der Waals surface area contributed by atoms with Crippen LogP contribution in [0.5, 0.6) is 5.75 Å². The Hall–Kier alpha value is -8.65. The molecule has 0 bridgehead atoms. The van der Waals surface area contributed by atoms with E-state index in [-0.39, 0.29) is 85.3 Å². The summed E-state index contributed by atoms with van der Waals surface area (Å²) in [6.45, 7) is 15.8.